The zero-order valence-electron chi connectivity index (χ0n) is 12.6. The van der Waals surface area contributed by atoms with Crippen LogP contribution in [0.4, 0.5) is 0 Å². The van der Waals surface area contributed by atoms with Crippen LogP contribution in [0.5, 0.6) is 0 Å². The summed E-state index contributed by atoms with van der Waals surface area (Å²) in [5.74, 6) is 0.446. The standard InChI is InChI=1S/C16H25NO3S/c1-2-14-5-3-4-6-16(14)17-21(19,20)15-9-7-13(8-10-15)11-12-18/h7-10,14,16-18H,2-6,11-12H2,1H3. The van der Waals surface area contributed by atoms with Gasteiger partial charge in [-0.2, -0.15) is 0 Å². The Morgan fingerprint density at radius 2 is 1.86 bits per heavy atom. The van der Waals surface area contributed by atoms with Gasteiger partial charge in [0.1, 0.15) is 0 Å². The van der Waals surface area contributed by atoms with Crippen molar-refractivity contribution >= 4 is 10.0 Å². The molecule has 2 unspecified atom stereocenters. The van der Waals surface area contributed by atoms with Crippen molar-refractivity contribution in [1.82, 2.24) is 4.72 Å². The van der Waals surface area contributed by atoms with Gasteiger partial charge in [-0.1, -0.05) is 38.3 Å². The van der Waals surface area contributed by atoms with E-state index in [9.17, 15) is 8.42 Å². The van der Waals surface area contributed by atoms with Crippen molar-refractivity contribution < 1.29 is 13.5 Å². The van der Waals surface area contributed by atoms with Crippen LogP contribution < -0.4 is 4.72 Å². The topological polar surface area (TPSA) is 66.4 Å². The van der Waals surface area contributed by atoms with E-state index in [-0.39, 0.29) is 12.6 Å². The van der Waals surface area contributed by atoms with E-state index in [0.29, 0.717) is 17.2 Å². The van der Waals surface area contributed by atoms with Gasteiger partial charge < -0.3 is 5.11 Å². The van der Waals surface area contributed by atoms with Gasteiger partial charge in [0.15, 0.2) is 0 Å². The Kier molecular flexibility index (Phi) is 5.79. The third-order valence-electron chi connectivity index (χ3n) is 4.37. The molecule has 1 aromatic rings. The monoisotopic (exact) mass is 311 g/mol. The number of hydrogen-bond donors (Lipinski definition) is 2. The summed E-state index contributed by atoms with van der Waals surface area (Å²) in [4.78, 5) is 0.310. The van der Waals surface area contributed by atoms with Crippen LogP contribution in [-0.2, 0) is 16.4 Å². The number of sulfonamides is 1. The molecule has 0 aromatic heterocycles. The average Bonchev–Trinajstić information content (AvgIpc) is 2.48. The van der Waals surface area contributed by atoms with Crippen molar-refractivity contribution in [1.29, 1.82) is 0 Å². The highest BCUT2D eigenvalue weighted by Gasteiger charge is 2.28. The summed E-state index contributed by atoms with van der Waals surface area (Å²) in [5.41, 5.74) is 0.945. The van der Waals surface area contributed by atoms with E-state index in [1.807, 2.05) is 0 Å². The van der Waals surface area contributed by atoms with E-state index in [0.717, 1.165) is 31.2 Å². The maximum atomic E-state index is 12.5. The lowest BCUT2D eigenvalue weighted by Crippen LogP contribution is -2.41. The van der Waals surface area contributed by atoms with Gasteiger partial charge in [0.2, 0.25) is 10.0 Å². The summed E-state index contributed by atoms with van der Waals surface area (Å²) in [6, 6.07) is 6.84. The van der Waals surface area contributed by atoms with Gasteiger partial charge in [-0.3, -0.25) is 0 Å². The van der Waals surface area contributed by atoms with Crippen LogP contribution in [0.2, 0.25) is 0 Å². The molecule has 0 spiro atoms. The van der Waals surface area contributed by atoms with Crippen molar-refractivity contribution in [2.24, 2.45) is 5.92 Å². The minimum absolute atomic E-state index is 0.0610. The highest BCUT2D eigenvalue weighted by Crippen LogP contribution is 2.28. The molecular formula is C16H25NO3S. The van der Waals surface area contributed by atoms with Gasteiger partial charge in [-0.15, -0.1) is 0 Å². The molecule has 21 heavy (non-hydrogen) atoms. The molecule has 4 nitrogen and oxygen atoms in total. The van der Waals surface area contributed by atoms with Crippen LogP contribution in [0.1, 0.15) is 44.6 Å². The van der Waals surface area contributed by atoms with Crippen molar-refractivity contribution in [3.63, 3.8) is 0 Å². The van der Waals surface area contributed by atoms with E-state index >= 15 is 0 Å². The molecule has 2 rings (SSSR count). The second-order valence-electron chi connectivity index (χ2n) is 5.80. The first-order valence-corrected chi connectivity index (χ1v) is 9.27. The molecule has 0 bridgehead atoms. The molecule has 0 heterocycles. The summed E-state index contributed by atoms with van der Waals surface area (Å²) >= 11 is 0. The van der Waals surface area contributed by atoms with Crippen LogP contribution in [-0.4, -0.2) is 26.2 Å². The van der Waals surface area contributed by atoms with Crippen molar-refractivity contribution in [2.75, 3.05) is 6.61 Å². The maximum Gasteiger partial charge on any atom is 0.240 e. The first-order chi connectivity index (χ1) is 10.1. The van der Waals surface area contributed by atoms with Crippen molar-refractivity contribution in [3.8, 4) is 0 Å². The first kappa shape index (κ1) is 16.5. The van der Waals surface area contributed by atoms with Crippen LogP contribution in [0.25, 0.3) is 0 Å². The normalized spacial score (nSPS) is 23.1. The largest absolute Gasteiger partial charge is 0.396 e. The Bertz CT molecular complexity index is 539. The number of rotatable bonds is 6. The zero-order chi connectivity index (χ0) is 15.3. The fourth-order valence-corrected chi connectivity index (χ4v) is 4.42. The van der Waals surface area contributed by atoms with Gasteiger partial charge in [0.05, 0.1) is 4.90 Å². The minimum atomic E-state index is -3.45. The lowest BCUT2D eigenvalue weighted by molar-refractivity contribution is 0.282. The minimum Gasteiger partial charge on any atom is -0.396 e. The molecule has 0 saturated heterocycles. The van der Waals surface area contributed by atoms with Gasteiger partial charge in [0.25, 0.3) is 0 Å². The van der Waals surface area contributed by atoms with Crippen LogP contribution >= 0.6 is 0 Å². The van der Waals surface area contributed by atoms with E-state index in [1.165, 1.54) is 6.42 Å². The highest BCUT2D eigenvalue weighted by atomic mass is 32.2. The summed E-state index contributed by atoms with van der Waals surface area (Å²) in [5, 5.41) is 8.89. The van der Waals surface area contributed by atoms with E-state index in [2.05, 4.69) is 11.6 Å². The predicted molar refractivity (Wildman–Crippen MR) is 83.6 cm³/mol. The molecule has 1 saturated carbocycles. The average molecular weight is 311 g/mol. The summed E-state index contributed by atoms with van der Waals surface area (Å²) in [6.07, 6.45) is 5.90. The van der Waals surface area contributed by atoms with E-state index in [1.54, 1.807) is 24.3 Å². The molecule has 0 aliphatic heterocycles. The Morgan fingerprint density at radius 1 is 1.19 bits per heavy atom. The molecule has 1 aliphatic rings. The molecule has 5 heteroatoms. The Balaban J connectivity index is 2.10. The lowest BCUT2D eigenvalue weighted by Gasteiger charge is -2.31. The molecule has 0 amide bonds. The maximum absolute atomic E-state index is 12.5. The molecule has 0 radical (unpaired) electrons. The molecule has 118 valence electrons. The molecule has 1 aliphatic carbocycles. The third kappa shape index (κ3) is 4.28. The number of benzene rings is 1. The Hall–Kier alpha value is -0.910. The number of nitrogens with one attached hydrogen (secondary N) is 1. The molecule has 1 fully saturated rings. The molecule has 2 N–H and O–H groups in total. The van der Waals surface area contributed by atoms with E-state index < -0.39 is 10.0 Å². The second-order valence-corrected chi connectivity index (χ2v) is 7.51. The highest BCUT2D eigenvalue weighted by molar-refractivity contribution is 7.89. The third-order valence-corrected chi connectivity index (χ3v) is 5.88. The number of aliphatic hydroxyl groups excluding tert-OH is 1. The Labute approximate surface area is 127 Å². The van der Waals surface area contributed by atoms with Crippen molar-refractivity contribution in [3.05, 3.63) is 29.8 Å². The quantitative estimate of drug-likeness (QED) is 0.848. The first-order valence-electron chi connectivity index (χ1n) is 7.79. The summed E-state index contributed by atoms with van der Waals surface area (Å²) < 4.78 is 27.8. The summed E-state index contributed by atoms with van der Waals surface area (Å²) in [7, 11) is -3.45. The van der Waals surface area contributed by atoms with Gasteiger partial charge in [-0.05, 0) is 42.9 Å². The number of hydrogen-bond acceptors (Lipinski definition) is 3. The molecule has 2 atom stereocenters. The number of aliphatic hydroxyl groups is 1. The van der Waals surface area contributed by atoms with Crippen LogP contribution in [0.3, 0.4) is 0 Å². The SMILES string of the molecule is CCC1CCCCC1NS(=O)(=O)c1ccc(CCO)cc1. The van der Waals surface area contributed by atoms with Crippen molar-refractivity contribution in [2.45, 2.75) is 56.4 Å². The van der Waals surface area contributed by atoms with E-state index in [4.69, 9.17) is 5.11 Å². The Morgan fingerprint density at radius 3 is 2.48 bits per heavy atom. The van der Waals surface area contributed by atoms with Gasteiger partial charge >= 0.3 is 0 Å². The predicted octanol–water partition coefficient (Wildman–Crippen LogP) is 2.47. The molecule has 1 aromatic carbocycles. The fourth-order valence-electron chi connectivity index (χ4n) is 3.08. The summed E-state index contributed by atoms with van der Waals surface area (Å²) in [6.45, 7) is 2.20. The lowest BCUT2D eigenvalue weighted by atomic mass is 9.83. The van der Waals surface area contributed by atoms with Gasteiger partial charge in [0, 0.05) is 12.6 Å². The van der Waals surface area contributed by atoms with Crippen LogP contribution in [0.15, 0.2) is 29.2 Å². The fraction of sp³-hybridized carbons (Fsp3) is 0.625. The second kappa shape index (κ2) is 7.38. The zero-order valence-corrected chi connectivity index (χ0v) is 13.4. The molecular weight excluding hydrogens is 286 g/mol. The van der Waals surface area contributed by atoms with Crippen LogP contribution in [0, 0.1) is 5.92 Å². The smallest absolute Gasteiger partial charge is 0.240 e. The van der Waals surface area contributed by atoms with Gasteiger partial charge in [-0.25, -0.2) is 13.1 Å².